The van der Waals surface area contributed by atoms with Crippen LogP contribution in [0.5, 0.6) is 0 Å². The van der Waals surface area contributed by atoms with E-state index in [1.807, 2.05) is 6.07 Å². The lowest BCUT2D eigenvalue weighted by Gasteiger charge is -2.26. The average Bonchev–Trinajstić information content (AvgIpc) is 2.57. The number of amides is 1. The molecular weight excluding hydrogens is 276 g/mol. The molecule has 0 aliphatic carbocycles. The smallest absolute Gasteiger partial charge is 0.251 e. The molecule has 2 aliphatic heterocycles. The first-order valence-corrected chi connectivity index (χ1v) is 8.44. The highest BCUT2D eigenvalue weighted by Crippen LogP contribution is 2.28. The molecule has 2 N–H and O–H groups in total. The van der Waals surface area contributed by atoms with Crippen LogP contribution in [0.2, 0.25) is 0 Å². The van der Waals surface area contributed by atoms with Crippen molar-refractivity contribution in [3.8, 4) is 0 Å². The van der Waals surface area contributed by atoms with E-state index >= 15 is 0 Å². The van der Waals surface area contributed by atoms with E-state index in [0.29, 0.717) is 5.92 Å². The van der Waals surface area contributed by atoms with Gasteiger partial charge in [-0.2, -0.15) is 0 Å². The lowest BCUT2D eigenvalue weighted by atomic mass is 9.86. The van der Waals surface area contributed by atoms with Gasteiger partial charge in [-0.1, -0.05) is 6.07 Å². The highest BCUT2D eigenvalue weighted by Gasteiger charge is 2.20. The van der Waals surface area contributed by atoms with Gasteiger partial charge in [-0.3, -0.25) is 4.79 Å². The maximum atomic E-state index is 12.5. The topological polar surface area (TPSA) is 50.4 Å². The summed E-state index contributed by atoms with van der Waals surface area (Å²) in [6.07, 6.45) is 4.15. The van der Waals surface area contributed by atoms with Crippen molar-refractivity contribution >= 4 is 5.91 Å². The Labute approximate surface area is 132 Å². The third kappa shape index (κ3) is 3.68. The number of aryl methyl sites for hydroxylation is 1. The first-order chi connectivity index (χ1) is 10.7. The number of piperidine rings is 1. The van der Waals surface area contributed by atoms with Crippen molar-refractivity contribution in [2.75, 3.05) is 26.3 Å². The Bertz CT molecular complexity index is 518. The highest BCUT2D eigenvalue weighted by molar-refractivity contribution is 5.94. The van der Waals surface area contributed by atoms with Gasteiger partial charge in [0, 0.05) is 24.8 Å². The van der Waals surface area contributed by atoms with E-state index in [4.69, 9.17) is 4.74 Å². The van der Waals surface area contributed by atoms with Crippen molar-refractivity contribution in [1.82, 2.24) is 10.6 Å². The lowest BCUT2D eigenvalue weighted by Crippen LogP contribution is -2.39. The molecule has 3 rings (SSSR count). The fourth-order valence-corrected chi connectivity index (χ4v) is 3.47. The van der Waals surface area contributed by atoms with E-state index in [2.05, 4.69) is 29.7 Å². The summed E-state index contributed by atoms with van der Waals surface area (Å²) in [6, 6.07) is 6.41. The quantitative estimate of drug-likeness (QED) is 0.901. The Morgan fingerprint density at radius 2 is 1.91 bits per heavy atom. The van der Waals surface area contributed by atoms with Crippen molar-refractivity contribution in [3.63, 3.8) is 0 Å². The van der Waals surface area contributed by atoms with Gasteiger partial charge in [0.2, 0.25) is 0 Å². The summed E-state index contributed by atoms with van der Waals surface area (Å²) in [4.78, 5) is 12.5. The van der Waals surface area contributed by atoms with Crippen molar-refractivity contribution in [1.29, 1.82) is 0 Å². The number of carbonyl (C=O) groups is 1. The van der Waals surface area contributed by atoms with Crippen LogP contribution in [0.1, 0.15) is 53.1 Å². The molecular formula is C18H26N2O2. The maximum Gasteiger partial charge on any atom is 0.251 e. The van der Waals surface area contributed by atoms with E-state index in [1.54, 1.807) is 0 Å². The van der Waals surface area contributed by atoms with Gasteiger partial charge in [0.05, 0.1) is 0 Å². The molecule has 2 heterocycles. The van der Waals surface area contributed by atoms with E-state index in [1.165, 1.54) is 11.1 Å². The number of hydrogen-bond donors (Lipinski definition) is 2. The number of nitrogens with one attached hydrogen (secondary N) is 2. The van der Waals surface area contributed by atoms with Crippen LogP contribution in [0, 0.1) is 6.92 Å². The third-order valence-electron chi connectivity index (χ3n) is 4.88. The largest absolute Gasteiger partial charge is 0.381 e. The summed E-state index contributed by atoms with van der Waals surface area (Å²) < 4.78 is 5.34. The predicted molar refractivity (Wildman–Crippen MR) is 87.3 cm³/mol. The van der Waals surface area contributed by atoms with E-state index in [9.17, 15) is 4.79 Å². The number of ether oxygens (including phenoxy) is 1. The second-order valence-electron chi connectivity index (χ2n) is 6.46. The lowest BCUT2D eigenvalue weighted by molar-refractivity contribution is 0.0696. The molecule has 0 bridgehead atoms. The average molecular weight is 302 g/mol. The zero-order valence-corrected chi connectivity index (χ0v) is 13.4. The molecule has 120 valence electrons. The molecule has 0 saturated carbocycles. The summed E-state index contributed by atoms with van der Waals surface area (Å²) >= 11 is 0. The first-order valence-electron chi connectivity index (χ1n) is 8.44. The molecule has 1 amide bonds. The Kier molecular flexibility index (Phi) is 5.11. The molecule has 0 spiro atoms. The number of hydrogen-bond acceptors (Lipinski definition) is 3. The van der Waals surface area contributed by atoms with Gasteiger partial charge in [-0.05, 0) is 74.9 Å². The summed E-state index contributed by atoms with van der Waals surface area (Å²) in [5.41, 5.74) is 3.45. The van der Waals surface area contributed by atoms with Crippen LogP contribution in [0.15, 0.2) is 18.2 Å². The maximum absolute atomic E-state index is 12.5. The molecule has 0 aromatic heterocycles. The van der Waals surface area contributed by atoms with Gasteiger partial charge in [-0.25, -0.2) is 0 Å². The molecule has 4 nitrogen and oxygen atoms in total. The first kappa shape index (κ1) is 15.5. The minimum Gasteiger partial charge on any atom is -0.381 e. The SMILES string of the molecule is Cc1ccc(C(=O)NC2CCOCC2)cc1C1CCNCC1. The van der Waals surface area contributed by atoms with E-state index in [-0.39, 0.29) is 11.9 Å². The fourth-order valence-electron chi connectivity index (χ4n) is 3.47. The standard InChI is InChI=1S/C18H26N2O2/c1-13-2-3-15(12-17(13)14-4-8-19-9-5-14)18(21)20-16-6-10-22-11-7-16/h2-3,12,14,16,19H,4-11H2,1H3,(H,20,21). The molecule has 0 atom stereocenters. The van der Waals surface area contributed by atoms with Crippen LogP contribution < -0.4 is 10.6 Å². The molecule has 0 unspecified atom stereocenters. The van der Waals surface area contributed by atoms with Crippen LogP contribution in [0.3, 0.4) is 0 Å². The summed E-state index contributed by atoms with van der Waals surface area (Å²) in [7, 11) is 0. The number of rotatable bonds is 3. The van der Waals surface area contributed by atoms with Crippen molar-refractivity contribution in [2.24, 2.45) is 0 Å². The van der Waals surface area contributed by atoms with Crippen LogP contribution in [-0.2, 0) is 4.74 Å². The highest BCUT2D eigenvalue weighted by atomic mass is 16.5. The van der Waals surface area contributed by atoms with Gasteiger partial charge in [0.25, 0.3) is 5.91 Å². The van der Waals surface area contributed by atoms with Crippen molar-refractivity contribution in [3.05, 3.63) is 34.9 Å². The van der Waals surface area contributed by atoms with Crippen LogP contribution in [0.25, 0.3) is 0 Å². The summed E-state index contributed by atoms with van der Waals surface area (Å²) in [5, 5.41) is 6.56. The Morgan fingerprint density at radius 3 is 2.64 bits per heavy atom. The van der Waals surface area contributed by atoms with Gasteiger partial charge < -0.3 is 15.4 Å². The van der Waals surface area contributed by atoms with E-state index < -0.39 is 0 Å². The molecule has 22 heavy (non-hydrogen) atoms. The summed E-state index contributed by atoms with van der Waals surface area (Å²) in [5.74, 6) is 0.638. The van der Waals surface area contributed by atoms with Crippen LogP contribution in [-0.4, -0.2) is 38.3 Å². The Balaban J connectivity index is 1.71. The number of benzene rings is 1. The molecule has 2 saturated heterocycles. The van der Waals surface area contributed by atoms with Gasteiger partial charge in [0.1, 0.15) is 0 Å². The minimum absolute atomic E-state index is 0.0575. The zero-order chi connectivity index (χ0) is 15.4. The number of carbonyl (C=O) groups excluding carboxylic acids is 1. The van der Waals surface area contributed by atoms with Crippen LogP contribution in [0.4, 0.5) is 0 Å². The van der Waals surface area contributed by atoms with Crippen molar-refractivity contribution < 1.29 is 9.53 Å². The second-order valence-corrected chi connectivity index (χ2v) is 6.46. The molecule has 1 aromatic carbocycles. The monoisotopic (exact) mass is 302 g/mol. The third-order valence-corrected chi connectivity index (χ3v) is 4.88. The Morgan fingerprint density at radius 1 is 1.18 bits per heavy atom. The fraction of sp³-hybridized carbons (Fsp3) is 0.611. The molecule has 1 aromatic rings. The predicted octanol–water partition coefficient (Wildman–Crippen LogP) is 2.37. The summed E-state index contributed by atoms with van der Waals surface area (Å²) in [6.45, 7) is 5.79. The zero-order valence-electron chi connectivity index (χ0n) is 13.4. The minimum atomic E-state index is 0.0575. The molecule has 2 aliphatic rings. The van der Waals surface area contributed by atoms with Gasteiger partial charge in [-0.15, -0.1) is 0 Å². The van der Waals surface area contributed by atoms with Crippen LogP contribution >= 0.6 is 0 Å². The normalized spacial score (nSPS) is 20.8. The Hall–Kier alpha value is -1.39. The molecule has 4 heteroatoms. The van der Waals surface area contributed by atoms with Gasteiger partial charge >= 0.3 is 0 Å². The van der Waals surface area contributed by atoms with Crippen molar-refractivity contribution in [2.45, 2.75) is 44.6 Å². The molecule has 2 fully saturated rings. The second kappa shape index (κ2) is 7.25. The van der Waals surface area contributed by atoms with Gasteiger partial charge in [0.15, 0.2) is 0 Å². The van der Waals surface area contributed by atoms with E-state index in [0.717, 1.165) is 57.6 Å². The molecule has 0 radical (unpaired) electrons.